The van der Waals surface area contributed by atoms with Gasteiger partial charge in [0, 0.05) is 17.1 Å². The minimum absolute atomic E-state index is 0.305. The van der Waals surface area contributed by atoms with Gasteiger partial charge in [0.15, 0.2) is 0 Å². The van der Waals surface area contributed by atoms with Gasteiger partial charge in [-0.05, 0) is 34.9 Å². The SMILES string of the molecule is C[C@H](NCc1cccc2ccccc12)c1ccccc1Br. The van der Waals surface area contributed by atoms with Gasteiger partial charge in [-0.2, -0.15) is 0 Å². The van der Waals surface area contributed by atoms with Crippen LogP contribution in [0.1, 0.15) is 24.1 Å². The first kappa shape index (κ1) is 14.3. The highest BCUT2D eigenvalue weighted by atomic mass is 79.9. The largest absolute Gasteiger partial charge is 0.306 e. The van der Waals surface area contributed by atoms with Crippen LogP contribution in [0.5, 0.6) is 0 Å². The van der Waals surface area contributed by atoms with Gasteiger partial charge in [0.25, 0.3) is 0 Å². The lowest BCUT2D eigenvalue weighted by Gasteiger charge is -2.16. The minimum atomic E-state index is 0.305. The minimum Gasteiger partial charge on any atom is -0.306 e. The Bertz CT molecular complexity index is 746. The average Bonchev–Trinajstić information content (AvgIpc) is 2.53. The highest BCUT2D eigenvalue weighted by Crippen LogP contribution is 2.24. The molecule has 0 aromatic heterocycles. The van der Waals surface area contributed by atoms with E-state index in [-0.39, 0.29) is 0 Å². The maximum absolute atomic E-state index is 3.62. The van der Waals surface area contributed by atoms with Crippen LogP contribution in [0.15, 0.2) is 71.2 Å². The van der Waals surface area contributed by atoms with Crippen molar-refractivity contribution in [2.24, 2.45) is 0 Å². The molecule has 0 aliphatic rings. The Morgan fingerprint density at radius 1 is 0.905 bits per heavy atom. The van der Waals surface area contributed by atoms with Crippen molar-refractivity contribution < 1.29 is 0 Å². The number of halogens is 1. The van der Waals surface area contributed by atoms with E-state index in [0.29, 0.717) is 6.04 Å². The number of nitrogens with one attached hydrogen (secondary N) is 1. The summed E-state index contributed by atoms with van der Waals surface area (Å²) in [5, 5.41) is 6.24. The summed E-state index contributed by atoms with van der Waals surface area (Å²) in [6.45, 7) is 3.06. The van der Waals surface area contributed by atoms with E-state index in [1.807, 2.05) is 6.07 Å². The lowest BCUT2D eigenvalue weighted by Crippen LogP contribution is -2.18. The van der Waals surface area contributed by atoms with Crippen LogP contribution < -0.4 is 5.32 Å². The molecule has 0 saturated heterocycles. The number of rotatable bonds is 4. The Morgan fingerprint density at radius 2 is 1.62 bits per heavy atom. The fraction of sp³-hybridized carbons (Fsp3) is 0.158. The first-order chi connectivity index (χ1) is 10.3. The van der Waals surface area contributed by atoms with Crippen molar-refractivity contribution in [2.75, 3.05) is 0 Å². The fourth-order valence-corrected chi connectivity index (χ4v) is 3.27. The molecular formula is C19H18BrN. The van der Waals surface area contributed by atoms with E-state index in [9.17, 15) is 0 Å². The van der Waals surface area contributed by atoms with Crippen LogP contribution in [0.4, 0.5) is 0 Å². The third-order valence-electron chi connectivity index (χ3n) is 3.85. The summed E-state index contributed by atoms with van der Waals surface area (Å²) in [5.74, 6) is 0. The molecule has 0 unspecified atom stereocenters. The van der Waals surface area contributed by atoms with Gasteiger partial charge in [0.1, 0.15) is 0 Å². The van der Waals surface area contributed by atoms with E-state index >= 15 is 0 Å². The van der Waals surface area contributed by atoms with E-state index in [2.05, 4.69) is 88.8 Å². The quantitative estimate of drug-likeness (QED) is 0.666. The number of hydrogen-bond donors (Lipinski definition) is 1. The zero-order chi connectivity index (χ0) is 14.7. The first-order valence-corrected chi connectivity index (χ1v) is 7.99. The molecule has 3 aromatic carbocycles. The number of fused-ring (bicyclic) bond motifs is 1. The molecule has 0 fully saturated rings. The molecule has 0 aliphatic carbocycles. The third kappa shape index (κ3) is 3.17. The van der Waals surface area contributed by atoms with Gasteiger partial charge in [0.05, 0.1) is 0 Å². The van der Waals surface area contributed by atoms with Gasteiger partial charge in [-0.15, -0.1) is 0 Å². The lowest BCUT2D eigenvalue weighted by molar-refractivity contribution is 0.574. The molecule has 0 spiro atoms. The summed E-state index contributed by atoms with van der Waals surface area (Å²) in [6.07, 6.45) is 0. The summed E-state index contributed by atoms with van der Waals surface area (Å²) < 4.78 is 1.16. The highest BCUT2D eigenvalue weighted by molar-refractivity contribution is 9.10. The predicted molar refractivity (Wildman–Crippen MR) is 93.3 cm³/mol. The molecule has 0 saturated carbocycles. The maximum Gasteiger partial charge on any atom is 0.0306 e. The predicted octanol–water partition coefficient (Wildman–Crippen LogP) is 5.45. The van der Waals surface area contributed by atoms with Gasteiger partial charge in [0.2, 0.25) is 0 Å². The molecule has 3 aromatic rings. The van der Waals surface area contributed by atoms with E-state index in [4.69, 9.17) is 0 Å². The summed E-state index contributed by atoms with van der Waals surface area (Å²) in [4.78, 5) is 0. The van der Waals surface area contributed by atoms with E-state index in [1.165, 1.54) is 21.9 Å². The van der Waals surface area contributed by atoms with E-state index in [1.54, 1.807) is 0 Å². The summed E-state index contributed by atoms with van der Waals surface area (Å²) in [7, 11) is 0. The summed E-state index contributed by atoms with van der Waals surface area (Å²) in [5.41, 5.74) is 2.63. The average molecular weight is 340 g/mol. The third-order valence-corrected chi connectivity index (χ3v) is 4.57. The molecule has 0 heterocycles. The van der Waals surface area contributed by atoms with Crippen molar-refractivity contribution in [2.45, 2.75) is 19.5 Å². The molecule has 0 radical (unpaired) electrons. The smallest absolute Gasteiger partial charge is 0.0306 e. The standard InChI is InChI=1S/C19H18BrN/c1-14(17-10-4-5-12-19(17)20)21-13-16-9-6-8-15-7-2-3-11-18(15)16/h2-12,14,21H,13H2,1H3/t14-/m0/s1. The van der Waals surface area contributed by atoms with Crippen molar-refractivity contribution in [3.05, 3.63) is 82.3 Å². The van der Waals surface area contributed by atoms with Crippen LogP contribution in [0.25, 0.3) is 10.8 Å². The molecule has 2 heteroatoms. The molecule has 0 bridgehead atoms. The molecule has 0 amide bonds. The Kier molecular flexibility index (Phi) is 4.37. The molecule has 106 valence electrons. The molecular weight excluding hydrogens is 322 g/mol. The zero-order valence-electron chi connectivity index (χ0n) is 12.0. The first-order valence-electron chi connectivity index (χ1n) is 7.20. The topological polar surface area (TPSA) is 12.0 Å². The molecule has 1 nitrogen and oxygen atoms in total. The van der Waals surface area contributed by atoms with Crippen LogP contribution in [-0.4, -0.2) is 0 Å². The van der Waals surface area contributed by atoms with Crippen LogP contribution in [0, 0.1) is 0 Å². The summed E-state index contributed by atoms with van der Waals surface area (Å²) in [6, 6.07) is 23.7. The molecule has 21 heavy (non-hydrogen) atoms. The molecule has 3 rings (SSSR count). The Morgan fingerprint density at radius 3 is 2.48 bits per heavy atom. The normalized spacial score (nSPS) is 12.5. The number of hydrogen-bond acceptors (Lipinski definition) is 1. The van der Waals surface area contributed by atoms with Gasteiger partial charge >= 0.3 is 0 Å². The molecule has 0 aliphatic heterocycles. The number of benzene rings is 3. The lowest BCUT2D eigenvalue weighted by atomic mass is 10.0. The highest BCUT2D eigenvalue weighted by Gasteiger charge is 2.08. The van der Waals surface area contributed by atoms with Crippen molar-refractivity contribution in [3.8, 4) is 0 Å². The van der Waals surface area contributed by atoms with Gasteiger partial charge in [-0.3, -0.25) is 0 Å². The van der Waals surface area contributed by atoms with Crippen LogP contribution in [0.3, 0.4) is 0 Å². The van der Waals surface area contributed by atoms with E-state index in [0.717, 1.165) is 11.0 Å². The van der Waals surface area contributed by atoms with Crippen LogP contribution in [0.2, 0.25) is 0 Å². The Labute approximate surface area is 134 Å². The van der Waals surface area contributed by atoms with Crippen LogP contribution >= 0.6 is 15.9 Å². The Hall–Kier alpha value is -1.64. The second kappa shape index (κ2) is 6.42. The van der Waals surface area contributed by atoms with Crippen molar-refractivity contribution in [3.63, 3.8) is 0 Å². The Balaban J connectivity index is 1.79. The van der Waals surface area contributed by atoms with Gasteiger partial charge in [-0.25, -0.2) is 0 Å². The zero-order valence-corrected chi connectivity index (χ0v) is 13.6. The van der Waals surface area contributed by atoms with Crippen molar-refractivity contribution in [1.82, 2.24) is 5.32 Å². The molecule has 1 atom stereocenters. The fourth-order valence-electron chi connectivity index (χ4n) is 2.65. The van der Waals surface area contributed by atoms with Crippen molar-refractivity contribution in [1.29, 1.82) is 0 Å². The second-order valence-electron chi connectivity index (χ2n) is 5.26. The van der Waals surface area contributed by atoms with E-state index < -0.39 is 0 Å². The van der Waals surface area contributed by atoms with Crippen molar-refractivity contribution >= 4 is 26.7 Å². The second-order valence-corrected chi connectivity index (χ2v) is 6.12. The maximum atomic E-state index is 3.62. The van der Waals surface area contributed by atoms with Gasteiger partial charge in [-0.1, -0.05) is 76.6 Å². The monoisotopic (exact) mass is 339 g/mol. The van der Waals surface area contributed by atoms with Crippen LogP contribution in [-0.2, 0) is 6.54 Å². The van der Waals surface area contributed by atoms with Gasteiger partial charge < -0.3 is 5.32 Å². The summed E-state index contributed by atoms with van der Waals surface area (Å²) >= 11 is 3.62. The molecule has 1 N–H and O–H groups in total.